The first-order valence-corrected chi connectivity index (χ1v) is 7.26. The van der Waals surface area contributed by atoms with Crippen molar-refractivity contribution in [3.8, 4) is 0 Å². The summed E-state index contributed by atoms with van der Waals surface area (Å²) in [4.78, 5) is 24.7. The Morgan fingerprint density at radius 1 is 1.20 bits per heavy atom. The monoisotopic (exact) mass is 343 g/mol. The average Bonchev–Trinajstić information content (AvgIpc) is 2.19. The SMILES string of the molecule is CC(C)/C=C/CN(C(=O)OC(C)(C)C)C(=O)C(Cl)(Cl)Cl. The van der Waals surface area contributed by atoms with Crippen molar-refractivity contribution in [2.75, 3.05) is 6.54 Å². The van der Waals surface area contributed by atoms with Gasteiger partial charge in [0.2, 0.25) is 0 Å². The summed E-state index contributed by atoms with van der Waals surface area (Å²) < 4.78 is 2.92. The Balaban J connectivity index is 5.07. The van der Waals surface area contributed by atoms with Gasteiger partial charge >= 0.3 is 6.09 Å². The fraction of sp³-hybridized carbons (Fsp3) is 0.692. The summed E-state index contributed by atoms with van der Waals surface area (Å²) in [6.45, 7) is 8.97. The molecule has 0 radical (unpaired) electrons. The van der Waals surface area contributed by atoms with Crippen molar-refractivity contribution >= 4 is 46.8 Å². The summed E-state index contributed by atoms with van der Waals surface area (Å²) in [6.07, 6.45) is 2.65. The molecule has 0 unspecified atom stereocenters. The van der Waals surface area contributed by atoms with Crippen LogP contribution in [0.3, 0.4) is 0 Å². The minimum Gasteiger partial charge on any atom is -0.443 e. The fourth-order valence-electron chi connectivity index (χ4n) is 1.15. The molecule has 0 aliphatic rings. The molecule has 0 saturated heterocycles. The molecule has 116 valence electrons. The Morgan fingerprint density at radius 2 is 1.70 bits per heavy atom. The lowest BCUT2D eigenvalue weighted by molar-refractivity contribution is -0.128. The van der Waals surface area contributed by atoms with Crippen molar-refractivity contribution in [2.24, 2.45) is 5.92 Å². The van der Waals surface area contributed by atoms with Crippen LogP contribution in [0.25, 0.3) is 0 Å². The number of carbonyl (C=O) groups is 2. The summed E-state index contributed by atoms with van der Waals surface area (Å²) in [5, 5.41) is 0. The second-order valence-electron chi connectivity index (χ2n) is 5.57. The third-order valence-corrected chi connectivity index (χ3v) is 2.40. The number of alkyl halides is 3. The van der Waals surface area contributed by atoms with Gasteiger partial charge in [-0.3, -0.25) is 4.79 Å². The van der Waals surface area contributed by atoms with Crippen LogP contribution in [0, 0.1) is 5.92 Å². The highest BCUT2D eigenvalue weighted by molar-refractivity contribution is 6.76. The number of imide groups is 1. The first kappa shape index (κ1) is 19.6. The van der Waals surface area contributed by atoms with Crippen LogP contribution in [0.15, 0.2) is 12.2 Å². The van der Waals surface area contributed by atoms with Gasteiger partial charge < -0.3 is 4.74 Å². The summed E-state index contributed by atoms with van der Waals surface area (Å²) in [7, 11) is 0. The number of ether oxygens (including phenoxy) is 1. The lowest BCUT2D eigenvalue weighted by atomic mass is 10.2. The first-order valence-electron chi connectivity index (χ1n) is 6.13. The highest BCUT2D eigenvalue weighted by Gasteiger charge is 2.39. The number of hydrogen-bond donors (Lipinski definition) is 0. The van der Waals surface area contributed by atoms with E-state index < -0.39 is 21.4 Å². The average molecular weight is 345 g/mol. The topological polar surface area (TPSA) is 46.6 Å². The maximum Gasteiger partial charge on any atom is 0.417 e. The van der Waals surface area contributed by atoms with E-state index in [9.17, 15) is 9.59 Å². The molecule has 4 nitrogen and oxygen atoms in total. The Bertz CT molecular complexity index is 381. The molecule has 0 aromatic heterocycles. The summed E-state index contributed by atoms with van der Waals surface area (Å²) in [6, 6.07) is 0. The van der Waals surface area contributed by atoms with E-state index in [2.05, 4.69) is 0 Å². The number of halogens is 3. The van der Waals surface area contributed by atoms with E-state index in [1.165, 1.54) is 0 Å². The van der Waals surface area contributed by atoms with Crippen LogP contribution in [-0.2, 0) is 9.53 Å². The standard InChI is InChI=1S/C13H20Cl3NO3/c1-9(2)7-6-8-17(10(18)13(14,15)16)11(19)20-12(3,4)5/h6-7,9H,8H2,1-5H3/b7-6+. The van der Waals surface area contributed by atoms with E-state index in [-0.39, 0.29) is 12.5 Å². The molecular formula is C13H20Cl3NO3. The van der Waals surface area contributed by atoms with Crippen molar-refractivity contribution in [2.45, 2.75) is 44.0 Å². The number of carbonyl (C=O) groups excluding carboxylic acids is 2. The lowest BCUT2D eigenvalue weighted by Crippen LogP contribution is -2.46. The van der Waals surface area contributed by atoms with E-state index >= 15 is 0 Å². The quantitative estimate of drug-likeness (QED) is 0.565. The van der Waals surface area contributed by atoms with Crippen LogP contribution in [0.2, 0.25) is 0 Å². The van der Waals surface area contributed by atoms with Crippen LogP contribution in [0.1, 0.15) is 34.6 Å². The molecule has 0 aliphatic heterocycles. The molecule has 0 fully saturated rings. The zero-order chi connectivity index (χ0) is 16.1. The van der Waals surface area contributed by atoms with Crippen molar-refractivity contribution < 1.29 is 14.3 Å². The van der Waals surface area contributed by atoms with Gasteiger partial charge in [-0.25, -0.2) is 9.69 Å². The molecule has 0 spiro atoms. The van der Waals surface area contributed by atoms with E-state index in [0.29, 0.717) is 0 Å². The molecule has 2 amide bonds. The lowest BCUT2D eigenvalue weighted by Gasteiger charge is -2.27. The predicted molar refractivity (Wildman–Crippen MR) is 82.2 cm³/mol. The minimum absolute atomic E-state index is 0.0141. The van der Waals surface area contributed by atoms with Crippen molar-refractivity contribution in [3.63, 3.8) is 0 Å². The molecule has 0 heterocycles. The van der Waals surface area contributed by atoms with Gasteiger partial charge in [0.05, 0.1) is 6.54 Å². The van der Waals surface area contributed by atoms with Crippen LogP contribution >= 0.6 is 34.8 Å². The van der Waals surface area contributed by atoms with E-state index in [1.807, 2.05) is 19.9 Å². The van der Waals surface area contributed by atoms with Gasteiger partial charge in [-0.2, -0.15) is 0 Å². The smallest absolute Gasteiger partial charge is 0.417 e. The van der Waals surface area contributed by atoms with Gasteiger partial charge in [-0.1, -0.05) is 60.8 Å². The molecule has 0 aromatic carbocycles. The molecule has 0 bridgehead atoms. The molecule has 0 rings (SSSR count). The third kappa shape index (κ3) is 7.98. The summed E-state index contributed by atoms with van der Waals surface area (Å²) in [5.41, 5.74) is -0.745. The Morgan fingerprint density at radius 3 is 2.05 bits per heavy atom. The summed E-state index contributed by atoms with van der Waals surface area (Å²) >= 11 is 16.6. The highest BCUT2D eigenvalue weighted by atomic mass is 35.6. The third-order valence-electron chi connectivity index (χ3n) is 1.91. The molecule has 0 saturated carbocycles. The normalized spacial score (nSPS) is 12.8. The van der Waals surface area contributed by atoms with Crippen molar-refractivity contribution in [3.05, 3.63) is 12.2 Å². The van der Waals surface area contributed by atoms with Gasteiger partial charge in [-0.05, 0) is 26.7 Å². The number of rotatable bonds is 3. The van der Waals surface area contributed by atoms with Crippen LogP contribution in [0.4, 0.5) is 4.79 Å². The Labute approximate surface area is 135 Å². The first-order chi connectivity index (χ1) is 8.84. The summed E-state index contributed by atoms with van der Waals surface area (Å²) in [5.74, 6) is -0.663. The zero-order valence-electron chi connectivity index (χ0n) is 12.2. The Kier molecular flexibility index (Phi) is 7.36. The van der Waals surface area contributed by atoms with Gasteiger partial charge in [0.15, 0.2) is 0 Å². The highest BCUT2D eigenvalue weighted by Crippen LogP contribution is 2.29. The number of hydrogen-bond acceptors (Lipinski definition) is 3. The minimum atomic E-state index is -2.21. The number of allylic oxidation sites excluding steroid dienone is 1. The molecule has 0 N–H and O–H groups in total. The van der Waals surface area contributed by atoms with Crippen LogP contribution in [0.5, 0.6) is 0 Å². The second-order valence-corrected chi connectivity index (χ2v) is 7.85. The van der Waals surface area contributed by atoms with Gasteiger partial charge in [0, 0.05) is 0 Å². The molecule has 20 heavy (non-hydrogen) atoms. The Hall–Kier alpha value is -0.450. The van der Waals surface area contributed by atoms with Crippen molar-refractivity contribution in [1.82, 2.24) is 4.90 Å². The predicted octanol–water partition coefficient (Wildman–Crippen LogP) is 4.33. The van der Waals surface area contributed by atoms with Crippen LogP contribution in [-0.4, -0.2) is 32.8 Å². The molecule has 7 heteroatoms. The molecule has 0 atom stereocenters. The molecule has 0 aromatic rings. The maximum atomic E-state index is 12.0. The fourth-order valence-corrected chi connectivity index (χ4v) is 1.45. The second kappa shape index (κ2) is 7.53. The van der Waals surface area contributed by atoms with Gasteiger partial charge in [-0.15, -0.1) is 0 Å². The van der Waals surface area contributed by atoms with E-state index in [0.717, 1.165) is 4.90 Å². The van der Waals surface area contributed by atoms with E-state index in [4.69, 9.17) is 39.5 Å². The number of amides is 2. The molecule has 0 aliphatic carbocycles. The van der Waals surface area contributed by atoms with Crippen molar-refractivity contribution in [1.29, 1.82) is 0 Å². The zero-order valence-corrected chi connectivity index (χ0v) is 14.5. The van der Waals surface area contributed by atoms with E-state index in [1.54, 1.807) is 26.8 Å². The van der Waals surface area contributed by atoms with Gasteiger partial charge in [0.25, 0.3) is 9.70 Å². The largest absolute Gasteiger partial charge is 0.443 e. The maximum absolute atomic E-state index is 12.0. The van der Waals surface area contributed by atoms with Crippen LogP contribution < -0.4 is 0 Å². The molecular weight excluding hydrogens is 325 g/mol. The van der Waals surface area contributed by atoms with Gasteiger partial charge in [0.1, 0.15) is 5.60 Å². The number of nitrogens with zero attached hydrogens (tertiary/aromatic N) is 1.